The summed E-state index contributed by atoms with van der Waals surface area (Å²) in [5.74, 6) is -0.357. The van der Waals surface area contributed by atoms with Gasteiger partial charge in [0, 0.05) is 10.3 Å². The van der Waals surface area contributed by atoms with Gasteiger partial charge in [0.2, 0.25) is 5.91 Å². The number of fused-ring (bicyclic) bond motifs is 2. The number of anilines is 1. The largest absolute Gasteiger partial charge is 0.315 e. The number of benzene rings is 1. The fourth-order valence-electron chi connectivity index (χ4n) is 3.31. The Bertz CT molecular complexity index is 1110. The lowest BCUT2D eigenvalue weighted by atomic mass is 9.96. The molecular formula is C19H16N4O2S. The maximum atomic E-state index is 12.5. The normalized spacial score (nSPS) is 13.2. The minimum Gasteiger partial charge on any atom is -0.315 e. The molecule has 0 fully saturated rings. The van der Waals surface area contributed by atoms with E-state index in [9.17, 15) is 14.9 Å². The maximum Gasteiger partial charge on any atom is 0.275 e. The molecule has 0 bridgehead atoms. The Kier molecular flexibility index (Phi) is 4.27. The van der Waals surface area contributed by atoms with Crippen LogP contribution in [-0.2, 0) is 24.2 Å². The van der Waals surface area contributed by atoms with Crippen molar-refractivity contribution in [2.24, 2.45) is 0 Å². The molecule has 1 aromatic carbocycles. The molecule has 3 aromatic rings. The standard InChI is InChI=1S/C19H16N4O2S/c20-9-15-14-7-3-4-8-16(14)26-18(15)22-17(24)11-23-19(25)13-6-2-1-5-12(13)10-21-23/h1-2,5-6,10H,3-4,7-8,11H2,(H,22,24). The van der Waals surface area contributed by atoms with Crippen molar-refractivity contribution in [2.75, 3.05) is 5.32 Å². The Morgan fingerprint density at radius 1 is 1.31 bits per heavy atom. The van der Waals surface area contributed by atoms with Gasteiger partial charge in [-0.1, -0.05) is 18.2 Å². The second kappa shape index (κ2) is 6.73. The van der Waals surface area contributed by atoms with Crippen LogP contribution in [0.5, 0.6) is 0 Å². The third kappa shape index (κ3) is 2.89. The molecule has 6 nitrogen and oxygen atoms in total. The molecule has 0 unspecified atom stereocenters. The van der Waals surface area contributed by atoms with Crippen LogP contribution in [0.2, 0.25) is 0 Å². The van der Waals surface area contributed by atoms with Crippen LogP contribution < -0.4 is 10.9 Å². The van der Waals surface area contributed by atoms with E-state index in [1.807, 2.05) is 12.1 Å². The number of hydrogen-bond donors (Lipinski definition) is 1. The van der Waals surface area contributed by atoms with Gasteiger partial charge in [-0.2, -0.15) is 10.4 Å². The fraction of sp³-hybridized carbons (Fsp3) is 0.263. The van der Waals surface area contributed by atoms with E-state index in [0.29, 0.717) is 16.0 Å². The molecule has 7 heteroatoms. The van der Waals surface area contributed by atoms with Crippen molar-refractivity contribution in [3.63, 3.8) is 0 Å². The minimum atomic E-state index is -0.357. The van der Waals surface area contributed by atoms with E-state index in [0.717, 1.165) is 41.3 Å². The fourth-order valence-corrected chi connectivity index (χ4v) is 4.57. The van der Waals surface area contributed by atoms with E-state index < -0.39 is 0 Å². The first-order valence-corrected chi connectivity index (χ1v) is 9.28. The highest BCUT2D eigenvalue weighted by atomic mass is 32.1. The second-order valence-electron chi connectivity index (χ2n) is 6.27. The smallest absolute Gasteiger partial charge is 0.275 e. The third-order valence-electron chi connectivity index (χ3n) is 4.59. The van der Waals surface area contributed by atoms with Gasteiger partial charge in [0.1, 0.15) is 17.6 Å². The summed E-state index contributed by atoms with van der Waals surface area (Å²) in [4.78, 5) is 26.1. The average molecular weight is 364 g/mol. The summed E-state index contributed by atoms with van der Waals surface area (Å²) in [5, 5.41) is 18.2. The van der Waals surface area contributed by atoms with E-state index in [2.05, 4.69) is 16.5 Å². The zero-order chi connectivity index (χ0) is 18.1. The number of aromatic nitrogens is 2. The van der Waals surface area contributed by atoms with Gasteiger partial charge in [-0.15, -0.1) is 11.3 Å². The summed E-state index contributed by atoms with van der Waals surface area (Å²) < 4.78 is 1.15. The number of amides is 1. The van der Waals surface area contributed by atoms with Gasteiger partial charge in [-0.05, 0) is 37.3 Å². The second-order valence-corrected chi connectivity index (χ2v) is 7.37. The molecule has 1 aliphatic carbocycles. The lowest BCUT2D eigenvalue weighted by molar-refractivity contribution is -0.116. The molecule has 0 saturated heterocycles. The number of nitrogens with zero attached hydrogens (tertiary/aromatic N) is 3. The number of rotatable bonds is 3. The van der Waals surface area contributed by atoms with Gasteiger partial charge < -0.3 is 5.32 Å². The lowest BCUT2D eigenvalue weighted by Crippen LogP contribution is -2.29. The highest BCUT2D eigenvalue weighted by molar-refractivity contribution is 7.16. The number of aryl methyl sites for hydroxylation is 1. The van der Waals surface area contributed by atoms with Gasteiger partial charge in [0.15, 0.2) is 0 Å². The van der Waals surface area contributed by atoms with Crippen LogP contribution in [-0.4, -0.2) is 15.7 Å². The topological polar surface area (TPSA) is 87.8 Å². The molecule has 4 rings (SSSR count). The zero-order valence-corrected chi connectivity index (χ0v) is 14.8. The molecule has 1 amide bonds. The molecule has 2 aromatic heterocycles. The number of thiophene rings is 1. The molecular weight excluding hydrogens is 348 g/mol. The minimum absolute atomic E-state index is 0.183. The van der Waals surface area contributed by atoms with Gasteiger partial charge in [0.25, 0.3) is 5.56 Å². The first-order chi connectivity index (χ1) is 12.7. The SMILES string of the molecule is N#Cc1c(NC(=O)Cn2ncc3ccccc3c2=O)sc2c1CCCC2. The summed E-state index contributed by atoms with van der Waals surface area (Å²) in [6.45, 7) is -0.183. The Labute approximate surface area is 153 Å². The number of hydrogen-bond acceptors (Lipinski definition) is 5. The number of carbonyl (C=O) groups excluding carboxylic acids is 1. The summed E-state index contributed by atoms with van der Waals surface area (Å²) in [6.07, 6.45) is 5.60. The predicted molar refractivity (Wildman–Crippen MR) is 100 cm³/mol. The molecule has 0 radical (unpaired) electrons. The van der Waals surface area contributed by atoms with Crippen molar-refractivity contribution >= 4 is 33.0 Å². The van der Waals surface area contributed by atoms with Crippen LogP contribution >= 0.6 is 11.3 Å². The predicted octanol–water partition coefficient (Wildman–Crippen LogP) is 2.85. The van der Waals surface area contributed by atoms with Gasteiger partial charge in [-0.25, -0.2) is 4.68 Å². The van der Waals surface area contributed by atoms with E-state index in [-0.39, 0.29) is 18.0 Å². The van der Waals surface area contributed by atoms with Crippen LogP contribution in [0.25, 0.3) is 10.8 Å². The summed E-state index contributed by atoms with van der Waals surface area (Å²) in [7, 11) is 0. The lowest BCUT2D eigenvalue weighted by Gasteiger charge is -2.09. The van der Waals surface area contributed by atoms with Crippen molar-refractivity contribution in [3.05, 3.63) is 56.8 Å². The zero-order valence-electron chi connectivity index (χ0n) is 14.0. The van der Waals surface area contributed by atoms with E-state index in [4.69, 9.17) is 0 Å². The van der Waals surface area contributed by atoms with Gasteiger partial charge in [-0.3, -0.25) is 9.59 Å². The van der Waals surface area contributed by atoms with Crippen molar-refractivity contribution in [3.8, 4) is 6.07 Å². The Hall–Kier alpha value is -2.98. The number of nitriles is 1. The quantitative estimate of drug-likeness (QED) is 0.774. The third-order valence-corrected chi connectivity index (χ3v) is 5.80. The van der Waals surface area contributed by atoms with Crippen LogP contribution in [0.4, 0.5) is 5.00 Å². The van der Waals surface area contributed by atoms with Crippen LogP contribution in [0.3, 0.4) is 0 Å². The number of nitrogens with one attached hydrogen (secondary N) is 1. The van der Waals surface area contributed by atoms with Gasteiger partial charge >= 0.3 is 0 Å². The summed E-state index contributed by atoms with van der Waals surface area (Å²) in [6, 6.07) is 9.36. The Morgan fingerprint density at radius 3 is 2.96 bits per heavy atom. The molecule has 1 N–H and O–H groups in total. The van der Waals surface area contributed by atoms with E-state index in [1.54, 1.807) is 18.3 Å². The van der Waals surface area contributed by atoms with E-state index >= 15 is 0 Å². The molecule has 1 aliphatic rings. The first-order valence-electron chi connectivity index (χ1n) is 8.46. The van der Waals surface area contributed by atoms with Crippen LogP contribution in [0.15, 0.2) is 35.3 Å². The first kappa shape index (κ1) is 16.5. The molecule has 0 atom stereocenters. The Morgan fingerprint density at radius 2 is 2.12 bits per heavy atom. The van der Waals surface area contributed by atoms with Crippen molar-refractivity contribution in [2.45, 2.75) is 32.2 Å². The number of carbonyl (C=O) groups is 1. The van der Waals surface area contributed by atoms with Crippen molar-refractivity contribution in [1.82, 2.24) is 9.78 Å². The molecule has 0 aliphatic heterocycles. The molecule has 26 heavy (non-hydrogen) atoms. The molecule has 0 spiro atoms. The maximum absolute atomic E-state index is 12.5. The van der Waals surface area contributed by atoms with Crippen LogP contribution in [0, 0.1) is 11.3 Å². The molecule has 2 heterocycles. The monoisotopic (exact) mass is 364 g/mol. The van der Waals surface area contributed by atoms with E-state index in [1.165, 1.54) is 16.2 Å². The van der Waals surface area contributed by atoms with Crippen molar-refractivity contribution in [1.29, 1.82) is 5.26 Å². The summed E-state index contributed by atoms with van der Waals surface area (Å²) >= 11 is 1.47. The summed E-state index contributed by atoms with van der Waals surface area (Å²) in [5.41, 5.74) is 1.33. The molecule has 0 saturated carbocycles. The van der Waals surface area contributed by atoms with Crippen molar-refractivity contribution < 1.29 is 4.79 Å². The molecule has 130 valence electrons. The highest BCUT2D eigenvalue weighted by Gasteiger charge is 2.22. The van der Waals surface area contributed by atoms with Gasteiger partial charge in [0.05, 0.1) is 17.1 Å². The highest BCUT2D eigenvalue weighted by Crippen LogP contribution is 2.37. The van der Waals surface area contributed by atoms with Crippen LogP contribution in [0.1, 0.15) is 28.8 Å². The Balaban J connectivity index is 1.59. The average Bonchev–Trinajstić information content (AvgIpc) is 3.01.